The number of nitrogens with one attached hydrogen (secondary N) is 1. The molecule has 1 aliphatic carbocycles. The highest BCUT2D eigenvalue weighted by molar-refractivity contribution is 6.34. The number of fused-ring (bicyclic) bond motifs is 1. The molecular weight excluding hydrogens is 258 g/mol. The van der Waals surface area contributed by atoms with Crippen LogP contribution in [0, 0.1) is 5.41 Å². The van der Waals surface area contributed by atoms with Gasteiger partial charge in [-0.3, -0.25) is 0 Å². The Labute approximate surface area is 118 Å². The van der Waals surface area contributed by atoms with Gasteiger partial charge in [-0.15, -0.1) is 10.2 Å². The van der Waals surface area contributed by atoms with Crippen molar-refractivity contribution in [3.05, 3.63) is 29.4 Å². The van der Waals surface area contributed by atoms with Gasteiger partial charge in [0, 0.05) is 17.3 Å². The first kappa shape index (κ1) is 12.7. The number of benzene rings is 1. The fourth-order valence-corrected chi connectivity index (χ4v) is 2.90. The van der Waals surface area contributed by atoms with Gasteiger partial charge >= 0.3 is 0 Å². The van der Waals surface area contributed by atoms with Crippen LogP contribution in [0.15, 0.2) is 24.3 Å². The molecule has 1 aromatic heterocycles. The van der Waals surface area contributed by atoms with Gasteiger partial charge in [0.15, 0.2) is 11.0 Å². The van der Waals surface area contributed by atoms with Gasteiger partial charge in [-0.25, -0.2) is 0 Å². The number of aromatic nitrogens is 2. The summed E-state index contributed by atoms with van der Waals surface area (Å²) >= 11 is 6.08. The summed E-state index contributed by atoms with van der Waals surface area (Å²) in [6.45, 7) is 3.23. The van der Waals surface area contributed by atoms with Crippen molar-refractivity contribution in [3.8, 4) is 0 Å². The summed E-state index contributed by atoms with van der Waals surface area (Å²) in [5.74, 6) is 0.849. The van der Waals surface area contributed by atoms with Crippen LogP contribution >= 0.6 is 11.6 Å². The van der Waals surface area contributed by atoms with Gasteiger partial charge in [0.05, 0.1) is 0 Å². The maximum Gasteiger partial charge on any atom is 0.159 e. The monoisotopic (exact) mass is 275 g/mol. The Kier molecular flexibility index (Phi) is 3.31. The Morgan fingerprint density at radius 2 is 1.95 bits per heavy atom. The molecule has 0 atom stereocenters. The van der Waals surface area contributed by atoms with Crippen LogP contribution in [0.5, 0.6) is 0 Å². The van der Waals surface area contributed by atoms with Gasteiger partial charge in [-0.1, -0.05) is 49.2 Å². The maximum atomic E-state index is 6.08. The van der Waals surface area contributed by atoms with Crippen molar-refractivity contribution in [2.45, 2.75) is 32.6 Å². The molecule has 1 heterocycles. The number of hydrogen-bond acceptors (Lipinski definition) is 3. The lowest BCUT2D eigenvalue weighted by atomic mass is 10.0. The zero-order valence-corrected chi connectivity index (χ0v) is 11.9. The molecule has 19 heavy (non-hydrogen) atoms. The summed E-state index contributed by atoms with van der Waals surface area (Å²) in [5, 5.41) is 14.2. The van der Waals surface area contributed by atoms with Gasteiger partial charge in [-0.2, -0.15) is 0 Å². The lowest BCUT2D eigenvalue weighted by Crippen LogP contribution is -2.16. The third kappa shape index (κ3) is 2.52. The number of nitrogens with zero attached hydrogens (tertiary/aromatic N) is 2. The molecule has 3 nitrogen and oxygen atoms in total. The zero-order valence-electron chi connectivity index (χ0n) is 11.1. The number of anilines is 1. The molecular formula is C15H18ClN3. The molecule has 1 fully saturated rings. The van der Waals surface area contributed by atoms with Crippen LogP contribution in [-0.2, 0) is 0 Å². The van der Waals surface area contributed by atoms with Crippen molar-refractivity contribution in [2.24, 2.45) is 5.41 Å². The van der Waals surface area contributed by atoms with Crippen LogP contribution in [0.2, 0.25) is 5.15 Å². The fourth-order valence-electron chi connectivity index (χ4n) is 2.70. The van der Waals surface area contributed by atoms with Gasteiger partial charge in [0.25, 0.3) is 0 Å². The minimum absolute atomic E-state index is 0.468. The van der Waals surface area contributed by atoms with E-state index in [-0.39, 0.29) is 0 Å². The average molecular weight is 276 g/mol. The molecule has 0 saturated heterocycles. The van der Waals surface area contributed by atoms with E-state index in [1.54, 1.807) is 0 Å². The Morgan fingerprint density at radius 3 is 2.63 bits per heavy atom. The first-order valence-corrected chi connectivity index (χ1v) is 7.27. The van der Waals surface area contributed by atoms with Crippen molar-refractivity contribution in [2.75, 3.05) is 11.9 Å². The third-order valence-corrected chi connectivity index (χ3v) is 4.29. The second kappa shape index (κ2) is 4.97. The Hall–Kier alpha value is -1.35. The minimum Gasteiger partial charge on any atom is -0.368 e. The summed E-state index contributed by atoms with van der Waals surface area (Å²) in [4.78, 5) is 0. The third-order valence-electron chi connectivity index (χ3n) is 4.01. The van der Waals surface area contributed by atoms with E-state index in [9.17, 15) is 0 Å². The summed E-state index contributed by atoms with van der Waals surface area (Å²) in [7, 11) is 0. The second-order valence-electron chi connectivity index (χ2n) is 5.49. The molecule has 1 saturated carbocycles. The van der Waals surface area contributed by atoms with Crippen LogP contribution < -0.4 is 5.32 Å². The molecule has 0 amide bonds. The smallest absolute Gasteiger partial charge is 0.159 e. The van der Waals surface area contributed by atoms with Crippen molar-refractivity contribution >= 4 is 28.2 Å². The lowest BCUT2D eigenvalue weighted by Gasteiger charge is -2.16. The number of halogens is 1. The van der Waals surface area contributed by atoms with Crippen molar-refractivity contribution in [3.63, 3.8) is 0 Å². The Bertz CT molecular complexity index is 593. The van der Waals surface area contributed by atoms with Gasteiger partial charge in [-0.05, 0) is 24.7 Å². The molecule has 100 valence electrons. The van der Waals surface area contributed by atoms with Crippen molar-refractivity contribution < 1.29 is 0 Å². The van der Waals surface area contributed by atoms with E-state index in [1.165, 1.54) is 25.7 Å². The fraction of sp³-hybridized carbons (Fsp3) is 0.467. The summed E-state index contributed by atoms with van der Waals surface area (Å²) in [6.07, 6.45) is 5.19. The molecule has 3 rings (SSSR count). The first-order chi connectivity index (χ1) is 9.24. The van der Waals surface area contributed by atoms with Crippen LogP contribution in [0.3, 0.4) is 0 Å². The van der Waals surface area contributed by atoms with E-state index < -0.39 is 0 Å². The quantitative estimate of drug-likeness (QED) is 0.885. The van der Waals surface area contributed by atoms with Crippen LogP contribution in [-0.4, -0.2) is 16.7 Å². The Morgan fingerprint density at radius 1 is 1.21 bits per heavy atom. The highest BCUT2D eigenvalue weighted by Crippen LogP contribution is 2.49. The zero-order chi connectivity index (χ0) is 13.3. The molecule has 1 aliphatic rings. The minimum atomic E-state index is 0.468. The normalized spacial score (nSPS) is 16.5. The average Bonchev–Trinajstić information content (AvgIpc) is 3.19. The van der Waals surface area contributed by atoms with E-state index in [2.05, 4.69) is 22.4 Å². The van der Waals surface area contributed by atoms with E-state index in [4.69, 9.17) is 11.6 Å². The standard InChI is InChI=1S/C15H18ClN3/c1-2-7-15(8-9-15)10-17-14-12-6-4-3-5-11(12)13(16)18-19-14/h3-6H,2,7-10H2,1H3,(H,17,19). The predicted molar refractivity (Wildman–Crippen MR) is 79.6 cm³/mol. The van der Waals surface area contributed by atoms with E-state index in [0.717, 1.165) is 23.1 Å². The van der Waals surface area contributed by atoms with E-state index >= 15 is 0 Å². The second-order valence-corrected chi connectivity index (χ2v) is 5.85. The number of rotatable bonds is 5. The molecule has 0 spiro atoms. The first-order valence-electron chi connectivity index (χ1n) is 6.89. The summed E-state index contributed by atoms with van der Waals surface area (Å²) < 4.78 is 0. The van der Waals surface area contributed by atoms with Gasteiger partial charge in [0.1, 0.15) is 0 Å². The number of hydrogen-bond donors (Lipinski definition) is 1. The summed E-state index contributed by atoms with van der Waals surface area (Å²) in [5.41, 5.74) is 0.497. The molecule has 1 N–H and O–H groups in total. The topological polar surface area (TPSA) is 37.8 Å². The van der Waals surface area contributed by atoms with Crippen LogP contribution in [0.25, 0.3) is 10.8 Å². The largest absolute Gasteiger partial charge is 0.368 e. The molecule has 0 bridgehead atoms. The van der Waals surface area contributed by atoms with Crippen LogP contribution in [0.4, 0.5) is 5.82 Å². The highest BCUT2D eigenvalue weighted by Gasteiger charge is 2.41. The molecule has 1 aromatic carbocycles. The Balaban J connectivity index is 1.84. The molecule has 4 heteroatoms. The SMILES string of the molecule is CCCC1(CNc2nnc(Cl)c3ccccc23)CC1. The van der Waals surface area contributed by atoms with Crippen molar-refractivity contribution in [1.82, 2.24) is 10.2 Å². The summed E-state index contributed by atoms with van der Waals surface area (Å²) in [6, 6.07) is 8.00. The molecule has 0 unspecified atom stereocenters. The lowest BCUT2D eigenvalue weighted by molar-refractivity contribution is 0.485. The molecule has 0 radical (unpaired) electrons. The van der Waals surface area contributed by atoms with E-state index in [1.807, 2.05) is 24.3 Å². The van der Waals surface area contributed by atoms with Crippen molar-refractivity contribution in [1.29, 1.82) is 0 Å². The van der Waals surface area contributed by atoms with Gasteiger partial charge < -0.3 is 5.32 Å². The van der Waals surface area contributed by atoms with Gasteiger partial charge in [0.2, 0.25) is 0 Å². The van der Waals surface area contributed by atoms with E-state index in [0.29, 0.717) is 10.6 Å². The highest BCUT2D eigenvalue weighted by atomic mass is 35.5. The maximum absolute atomic E-state index is 6.08. The molecule has 0 aliphatic heterocycles. The van der Waals surface area contributed by atoms with Crippen LogP contribution in [0.1, 0.15) is 32.6 Å². The molecule has 2 aromatic rings. The predicted octanol–water partition coefficient (Wildman–Crippen LogP) is 4.28.